The fourth-order valence-corrected chi connectivity index (χ4v) is 2.09. The molecule has 0 atom stereocenters. The van der Waals surface area contributed by atoms with Gasteiger partial charge in [-0.1, -0.05) is 37.3 Å². The molecule has 0 aliphatic heterocycles. The summed E-state index contributed by atoms with van der Waals surface area (Å²) in [5, 5.41) is 7.71. The van der Waals surface area contributed by atoms with Crippen molar-refractivity contribution in [2.24, 2.45) is 0 Å². The SMILES string of the molecule is CCCNCc1cc(-c2ccccc2)nn(CC)c1=O. The summed E-state index contributed by atoms with van der Waals surface area (Å²) >= 11 is 0. The normalized spacial score (nSPS) is 10.7. The molecule has 0 amide bonds. The molecule has 2 rings (SSSR count). The molecule has 4 nitrogen and oxygen atoms in total. The van der Waals surface area contributed by atoms with Gasteiger partial charge in [0.1, 0.15) is 0 Å². The maximum absolute atomic E-state index is 12.2. The van der Waals surface area contributed by atoms with Gasteiger partial charge < -0.3 is 5.32 Å². The van der Waals surface area contributed by atoms with Crippen LogP contribution in [0.3, 0.4) is 0 Å². The van der Waals surface area contributed by atoms with Crippen LogP contribution >= 0.6 is 0 Å². The lowest BCUT2D eigenvalue weighted by molar-refractivity contribution is 0.596. The first-order valence-electron chi connectivity index (χ1n) is 7.13. The number of aryl methyl sites for hydroxylation is 1. The van der Waals surface area contributed by atoms with Gasteiger partial charge in [-0.2, -0.15) is 5.10 Å². The van der Waals surface area contributed by atoms with Crippen molar-refractivity contribution in [3.05, 3.63) is 52.3 Å². The summed E-state index contributed by atoms with van der Waals surface area (Å²) in [4.78, 5) is 12.2. The van der Waals surface area contributed by atoms with E-state index in [1.165, 1.54) is 4.68 Å². The zero-order valence-corrected chi connectivity index (χ0v) is 12.1. The first-order valence-corrected chi connectivity index (χ1v) is 7.13. The van der Waals surface area contributed by atoms with Gasteiger partial charge in [-0.25, -0.2) is 4.68 Å². The number of aromatic nitrogens is 2. The summed E-state index contributed by atoms with van der Waals surface area (Å²) in [5.74, 6) is 0. The molecule has 0 bridgehead atoms. The Labute approximate surface area is 119 Å². The standard InChI is InChI=1S/C16H21N3O/c1-3-10-17-12-14-11-15(13-8-6-5-7-9-13)18-19(4-2)16(14)20/h5-9,11,17H,3-4,10,12H2,1-2H3. The molecular formula is C16H21N3O. The smallest absolute Gasteiger partial charge is 0.271 e. The van der Waals surface area contributed by atoms with Crippen LogP contribution in [0, 0.1) is 0 Å². The molecule has 20 heavy (non-hydrogen) atoms. The summed E-state index contributed by atoms with van der Waals surface area (Å²) in [5.41, 5.74) is 2.65. The summed E-state index contributed by atoms with van der Waals surface area (Å²) < 4.78 is 1.53. The molecule has 2 aromatic rings. The highest BCUT2D eigenvalue weighted by atomic mass is 16.1. The lowest BCUT2D eigenvalue weighted by Gasteiger charge is -2.10. The summed E-state index contributed by atoms with van der Waals surface area (Å²) in [6, 6.07) is 11.8. The third-order valence-corrected chi connectivity index (χ3v) is 3.16. The van der Waals surface area contributed by atoms with E-state index in [1.54, 1.807) is 0 Å². The Morgan fingerprint density at radius 2 is 1.95 bits per heavy atom. The average Bonchev–Trinajstić information content (AvgIpc) is 2.50. The number of hydrogen-bond donors (Lipinski definition) is 1. The van der Waals surface area contributed by atoms with Crippen molar-refractivity contribution < 1.29 is 0 Å². The first kappa shape index (κ1) is 14.5. The Kier molecular flexibility index (Phi) is 5.07. The summed E-state index contributed by atoms with van der Waals surface area (Å²) in [7, 11) is 0. The van der Waals surface area contributed by atoms with Crippen LogP contribution in [0.4, 0.5) is 0 Å². The molecule has 1 heterocycles. The number of nitrogens with one attached hydrogen (secondary N) is 1. The molecule has 0 aliphatic rings. The van der Waals surface area contributed by atoms with Crippen LogP contribution in [-0.2, 0) is 13.1 Å². The average molecular weight is 271 g/mol. The minimum absolute atomic E-state index is 0.00390. The number of hydrogen-bond acceptors (Lipinski definition) is 3. The Morgan fingerprint density at radius 3 is 2.60 bits per heavy atom. The van der Waals surface area contributed by atoms with E-state index >= 15 is 0 Å². The van der Waals surface area contributed by atoms with Gasteiger partial charge in [0, 0.05) is 24.2 Å². The summed E-state index contributed by atoms with van der Waals surface area (Å²) in [6.07, 6.45) is 1.05. The van der Waals surface area contributed by atoms with E-state index in [9.17, 15) is 4.79 Å². The van der Waals surface area contributed by atoms with Gasteiger partial charge in [-0.3, -0.25) is 4.79 Å². The van der Waals surface area contributed by atoms with Crippen LogP contribution in [0.1, 0.15) is 25.8 Å². The predicted octanol–water partition coefficient (Wildman–Crippen LogP) is 2.43. The number of benzene rings is 1. The molecule has 1 aromatic heterocycles. The molecule has 0 spiro atoms. The second-order valence-electron chi connectivity index (χ2n) is 4.72. The van der Waals surface area contributed by atoms with Gasteiger partial charge in [0.05, 0.1) is 5.69 Å². The zero-order valence-electron chi connectivity index (χ0n) is 12.1. The Morgan fingerprint density at radius 1 is 1.20 bits per heavy atom. The van der Waals surface area contributed by atoms with E-state index in [-0.39, 0.29) is 5.56 Å². The van der Waals surface area contributed by atoms with Crippen molar-refractivity contribution in [3.63, 3.8) is 0 Å². The monoisotopic (exact) mass is 271 g/mol. The van der Waals surface area contributed by atoms with E-state index in [1.807, 2.05) is 43.3 Å². The highest BCUT2D eigenvalue weighted by Gasteiger charge is 2.08. The van der Waals surface area contributed by atoms with Crippen LogP contribution < -0.4 is 10.9 Å². The first-order chi connectivity index (χ1) is 9.76. The maximum Gasteiger partial charge on any atom is 0.271 e. The summed E-state index contributed by atoms with van der Waals surface area (Å²) in [6.45, 7) is 6.13. The van der Waals surface area contributed by atoms with E-state index in [4.69, 9.17) is 0 Å². The van der Waals surface area contributed by atoms with Gasteiger partial charge >= 0.3 is 0 Å². The van der Waals surface area contributed by atoms with Gasteiger partial charge in [0.2, 0.25) is 0 Å². The fourth-order valence-electron chi connectivity index (χ4n) is 2.09. The molecule has 0 radical (unpaired) electrons. The lowest BCUT2D eigenvalue weighted by Crippen LogP contribution is -2.29. The van der Waals surface area contributed by atoms with Gasteiger partial charge in [0.15, 0.2) is 0 Å². The molecule has 106 valence electrons. The topological polar surface area (TPSA) is 46.9 Å². The van der Waals surface area contributed by atoms with Crippen molar-refractivity contribution in [3.8, 4) is 11.3 Å². The van der Waals surface area contributed by atoms with Crippen LogP contribution in [-0.4, -0.2) is 16.3 Å². The minimum atomic E-state index is -0.00390. The Balaban J connectivity index is 2.39. The predicted molar refractivity (Wildman–Crippen MR) is 81.6 cm³/mol. The van der Waals surface area contributed by atoms with Crippen molar-refractivity contribution in [2.75, 3.05) is 6.54 Å². The highest BCUT2D eigenvalue weighted by Crippen LogP contribution is 2.15. The van der Waals surface area contributed by atoms with E-state index in [0.717, 1.165) is 29.8 Å². The Hall–Kier alpha value is -1.94. The molecule has 4 heteroatoms. The molecule has 0 fully saturated rings. The van der Waals surface area contributed by atoms with Crippen LogP contribution in [0.2, 0.25) is 0 Å². The third kappa shape index (κ3) is 3.33. The van der Waals surface area contributed by atoms with Crippen LogP contribution in [0.15, 0.2) is 41.2 Å². The molecule has 0 aliphatic carbocycles. The minimum Gasteiger partial charge on any atom is -0.312 e. The maximum atomic E-state index is 12.2. The van der Waals surface area contributed by atoms with E-state index in [0.29, 0.717) is 13.1 Å². The number of nitrogens with zero attached hydrogens (tertiary/aromatic N) is 2. The lowest BCUT2D eigenvalue weighted by atomic mass is 10.1. The van der Waals surface area contributed by atoms with Gasteiger partial charge in [0.25, 0.3) is 5.56 Å². The van der Waals surface area contributed by atoms with Crippen molar-refractivity contribution in [2.45, 2.75) is 33.4 Å². The molecule has 0 unspecified atom stereocenters. The third-order valence-electron chi connectivity index (χ3n) is 3.16. The number of rotatable bonds is 6. The molecule has 1 N–H and O–H groups in total. The quantitative estimate of drug-likeness (QED) is 0.821. The van der Waals surface area contributed by atoms with Crippen LogP contribution in [0.25, 0.3) is 11.3 Å². The van der Waals surface area contributed by atoms with E-state index < -0.39 is 0 Å². The van der Waals surface area contributed by atoms with Gasteiger partial charge in [-0.05, 0) is 26.0 Å². The van der Waals surface area contributed by atoms with Gasteiger partial charge in [-0.15, -0.1) is 0 Å². The fraction of sp³-hybridized carbons (Fsp3) is 0.375. The second kappa shape index (κ2) is 7.01. The molecule has 0 saturated carbocycles. The molecule has 1 aromatic carbocycles. The molecule has 0 saturated heterocycles. The van der Waals surface area contributed by atoms with Crippen molar-refractivity contribution >= 4 is 0 Å². The van der Waals surface area contributed by atoms with E-state index in [2.05, 4.69) is 17.3 Å². The molecular weight excluding hydrogens is 250 g/mol. The van der Waals surface area contributed by atoms with Crippen molar-refractivity contribution in [1.29, 1.82) is 0 Å². The Bertz CT molecular complexity index is 605. The zero-order chi connectivity index (χ0) is 14.4. The highest BCUT2D eigenvalue weighted by molar-refractivity contribution is 5.58. The largest absolute Gasteiger partial charge is 0.312 e. The second-order valence-corrected chi connectivity index (χ2v) is 4.72. The van der Waals surface area contributed by atoms with Crippen LogP contribution in [0.5, 0.6) is 0 Å². The van der Waals surface area contributed by atoms with Crippen molar-refractivity contribution in [1.82, 2.24) is 15.1 Å².